The van der Waals surface area contributed by atoms with Crippen LogP contribution in [0.15, 0.2) is 12.3 Å². The van der Waals surface area contributed by atoms with Gasteiger partial charge in [0, 0.05) is 25.2 Å². The summed E-state index contributed by atoms with van der Waals surface area (Å²) in [5.74, 6) is 1.41. The molecule has 3 rings (SSSR count). The van der Waals surface area contributed by atoms with E-state index in [1.807, 2.05) is 13.1 Å². The Bertz CT molecular complexity index is 580. The van der Waals surface area contributed by atoms with E-state index in [4.69, 9.17) is 17.3 Å². The van der Waals surface area contributed by atoms with Crippen molar-refractivity contribution in [2.45, 2.75) is 12.5 Å². The molecular formula is C11H15ClN6. The SMILES string of the molecule is CN[C@H]1CCN(c2cc(N)n3ncc(Cl)c3n2)C1. The Morgan fingerprint density at radius 3 is 3.11 bits per heavy atom. The van der Waals surface area contributed by atoms with Crippen LogP contribution in [0.4, 0.5) is 11.6 Å². The van der Waals surface area contributed by atoms with Gasteiger partial charge < -0.3 is 16.0 Å². The molecule has 1 aliphatic heterocycles. The Kier molecular flexibility index (Phi) is 2.76. The van der Waals surface area contributed by atoms with Gasteiger partial charge in [-0.1, -0.05) is 11.6 Å². The second-order valence-corrected chi connectivity index (χ2v) is 4.89. The first kappa shape index (κ1) is 11.6. The predicted octanol–water partition coefficient (Wildman–Crippen LogP) is 0.763. The fourth-order valence-corrected chi connectivity index (χ4v) is 2.48. The maximum absolute atomic E-state index is 6.05. The Morgan fingerprint density at radius 1 is 1.56 bits per heavy atom. The van der Waals surface area contributed by atoms with E-state index >= 15 is 0 Å². The van der Waals surface area contributed by atoms with Crippen LogP contribution in [0.1, 0.15) is 6.42 Å². The number of fused-ring (bicyclic) bond motifs is 1. The van der Waals surface area contributed by atoms with Gasteiger partial charge in [0.25, 0.3) is 0 Å². The van der Waals surface area contributed by atoms with Crippen LogP contribution in [0.3, 0.4) is 0 Å². The molecule has 1 atom stereocenters. The number of nitrogens with zero attached hydrogens (tertiary/aromatic N) is 4. The maximum Gasteiger partial charge on any atom is 0.178 e. The Balaban J connectivity index is 2.00. The quantitative estimate of drug-likeness (QED) is 0.840. The zero-order valence-electron chi connectivity index (χ0n) is 10.1. The van der Waals surface area contributed by atoms with Gasteiger partial charge in [-0.3, -0.25) is 0 Å². The van der Waals surface area contributed by atoms with Gasteiger partial charge in [-0.15, -0.1) is 0 Å². The summed E-state index contributed by atoms with van der Waals surface area (Å²) in [7, 11) is 1.98. The van der Waals surface area contributed by atoms with Crippen LogP contribution >= 0.6 is 11.6 Å². The summed E-state index contributed by atoms with van der Waals surface area (Å²) in [6, 6.07) is 2.35. The molecule has 0 spiro atoms. The Hall–Kier alpha value is -1.53. The number of hydrogen-bond acceptors (Lipinski definition) is 5. The summed E-state index contributed by atoms with van der Waals surface area (Å²) >= 11 is 6.05. The molecule has 1 aliphatic rings. The standard InChI is InChI=1S/C11H15ClN6/c1-14-7-2-3-17(6-7)10-4-9(13)18-11(16-10)8(12)5-15-18/h4-5,7,14H,2-3,6,13H2,1H3/t7-/m0/s1. The largest absolute Gasteiger partial charge is 0.383 e. The number of nitrogens with one attached hydrogen (secondary N) is 1. The van der Waals surface area contributed by atoms with Crippen molar-refractivity contribution in [1.29, 1.82) is 0 Å². The molecule has 0 unspecified atom stereocenters. The van der Waals surface area contributed by atoms with E-state index in [2.05, 4.69) is 20.3 Å². The first-order valence-electron chi connectivity index (χ1n) is 5.91. The molecule has 0 aliphatic carbocycles. The number of hydrogen-bond donors (Lipinski definition) is 2. The molecule has 6 nitrogen and oxygen atoms in total. The normalized spacial score (nSPS) is 19.9. The highest BCUT2D eigenvalue weighted by Gasteiger charge is 2.23. The minimum Gasteiger partial charge on any atom is -0.383 e. The average molecular weight is 267 g/mol. The third-order valence-electron chi connectivity index (χ3n) is 3.36. The van der Waals surface area contributed by atoms with Gasteiger partial charge in [-0.2, -0.15) is 9.61 Å². The van der Waals surface area contributed by atoms with E-state index in [0.717, 1.165) is 25.3 Å². The van der Waals surface area contributed by atoms with Gasteiger partial charge in [-0.25, -0.2) is 4.98 Å². The van der Waals surface area contributed by atoms with Crippen molar-refractivity contribution in [1.82, 2.24) is 19.9 Å². The van der Waals surface area contributed by atoms with Crippen molar-refractivity contribution in [3.8, 4) is 0 Å². The molecule has 2 aromatic heterocycles. The van der Waals surface area contributed by atoms with Gasteiger partial charge in [-0.05, 0) is 13.5 Å². The third kappa shape index (κ3) is 1.77. The predicted molar refractivity (Wildman–Crippen MR) is 72.1 cm³/mol. The molecule has 7 heteroatoms. The second kappa shape index (κ2) is 4.29. The molecular weight excluding hydrogens is 252 g/mol. The monoisotopic (exact) mass is 266 g/mol. The zero-order chi connectivity index (χ0) is 12.7. The van der Waals surface area contributed by atoms with Crippen LogP contribution in [0.5, 0.6) is 0 Å². The minimum absolute atomic E-state index is 0.504. The average Bonchev–Trinajstić information content (AvgIpc) is 2.97. The third-order valence-corrected chi connectivity index (χ3v) is 3.63. The number of anilines is 2. The summed E-state index contributed by atoms with van der Waals surface area (Å²) in [4.78, 5) is 6.74. The van der Waals surface area contributed by atoms with E-state index in [1.54, 1.807) is 10.7 Å². The van der Waals surface area contributed by atoms with Gasteiger partial charge in [0.2, 0.25) is 0 Å². The van der Waals surface area contributed by atoms with E-state index in [1.165, 1.54) is 0 Å². The van der Waals surface area contributed by atoms with Gasteiger partial charge >= 0.3 is 0 Å². The number of nitrogen functional groups attached to an aromatic ring is 1. The van der Waals surface area contributed by atoms with E-state index in [0.29, 0.717) is 22.5 Å². The van der Waals surface area contributed by atoms with Crippen molar-refractivity contribution in [2.24, 2.45) is 0 Å². The van der Waals surface area contributed by atoms with Crippen LogP contribution in [0.25, 0.3) is 5.65 Å². The van der Waals surface area contributed by atoms with E-state index < -0.39 is 0 Å². The highest BCUT2D eigenvalue weighted by molar-refractivity contribution is 6.33. The summed E-state index contributed by atoms with van der Waals surface area (Å²) in [5.41, 5.74) is 6.58. The first-order valence-corrected chi connectivity index (χ1v) is 6.29. The molecule has 2 aromatic rings. The number of aromatic nitrogens is 3. The summed E-state index contributed by atoms with van der Waals surface area (Å²) in [6.45, 7) is 1.91. The van der Waals surface area contributed by atoms with Gasteiger partial charge in [0.15, 0.2) is 5.65 Å². The van der Waals surface area contributed by atoms with Crippen LogP contribution in [0, 0.1) is 0 Å². The Labute approximate surface area is 110 Å². The molecule has 1 fully saturated rings. The number of rotatable bonds is 2. The number of nitrogens with two attached hydrogens (primary N) is 1. The van der Waals surface area contributed by atoms with Crippen molar-refractivity contribution in [3.05, 3.63) is 17.3 Å². The van der Waals surface area contributed by atoms with Gasteiger partial charge in [0.1, 0.15) is 16.7 Å². The lowest BCUT2D eigenvalue weighted by molar-refractivity contribution is 0.616. The molecule has 18 heavy (non-hydrogen) atoms. The Morgan fingerprint density at radius 2 is 2.39 bits per heavy atom. The molecule has 3 N–H and O–H groups in total. The minimum atomic E-state index is 0.504. The van der Waals surface area contributed by atoms with Crippen molar-refractivity contribution in [3.63, 3.8) is 0 Å². The molecule has 0 aromatic carbocycles. The highest BCUT2D eigenvalue weighted by Crippen LogP contribution is 2.24. The van der Waals surface area contributed by atoms with Crippen LogP contribution in [-0.2, 0) is 0 Å². The first-order chi connectivity index (χ1) is 8.69. The highest BCUT2D eigenvalue weighted by atomic mass is 35.5. The van der Waals surface area contributed by atoms with E-state index in [-0.39, 0.29) is 0 Å². The topological polar surface area (TPSA) is 71.5 Å². The molecule has 0 saturated carbocycles. The summed E-state index contributed by atoms with van der Waals surface area (Å²) in [6.07, 6.45) is 2.67. The molecule has 0 bridgehead atoms. The van der Waals surface area contributed by atoms with Crippen molar-refractivity contribution in [2.75, 3.05) is 30.8 Å². The fraction of sp³-hybridized carbons (Fsp3) is 0.455. The van der Waals surface area contributed by atoms with Gasteiger partial charge in [0.05, 0.1) is 6.20 Å². The molecule has 96 valence electrons. The van der Waals surface area contributed by atoms with Crippen molar-refractivity contribution < 1.29 is 0 Å². The lowest BCUT2D eigenvalue weighted by Crippen LogP contribution is -2.30. The molecule has 0 amide bonds. The zero-order valence-corrected chi connectivity index (χ0v) is 10.9. The number of halogens is 1. The summed E-state index contributed by atoms with van der Waals surface area (Å²) < 4.78 is 1.55. The van der Waals surface area contributed by atoms with Crippen LogP contribution in [0.2, 0.25) is 5.02 Å². The lowest BCUT2D eigenvalue weighted by atomic mass is 10.3. The fourth-order valence-electron chi connectivity index (χ4n) is 2.31. The second-order valence-electron chi connectivity index (χ2n) is 4.49. The number of likely N-dealkylation sites (N-methyl/N-ethyl adjacent to an activating group) is 1. The van der Waals surface area contributed by atoms with Crippen molar-refractivity contribution >= 4 is 28.9 Å². The van der Waals surface area contributed by atoms with Crippen LogP contribution in [-0.4, -0.2) is 40.8 Å². The lowest BCUT2D eigenvalue weighted by Gasteiger charge is -2.18. The summed E-state index contributed by atoms with van der Waals surface area (Å²) in [5, 5.41) is 7.88. The molecule has 3 heterocycles. The van der Waals surface area contributed by atoms with E-state index in [9.17, 15) is 0 Å². The molecule has 1 saturated heterocycles. The van der Waals surface area contributed by atoms with Crippen LogP contribution < -0.4 is 16.0 Å². The maximum atomic E-state index is 6.05. The molecule has 0 radical (unpaired) electrons. The smallest absolute Gasteiger partial charge is 0.178 e.